The van der Waals surface area contributed by atoms with Crippen molar-refractivity contribution in [3.8, 4) is 0 Å². The summed E-state index contributed by atoms with van der Waals surface area (Å²) in [6.45, 7) is 4.69. The van der Waals surface area contributed by atoms with Gasteiger partial charge < -0.3 is 10.2 Å². The van der Waals surface area contributed by atoms with Crippen molar-refractivity contribution < 1.29 is 8.81 Å². The van der Waals surface area contributed by atoms with Crippen LogP contribution in [0.5, 0.6) is 0 Å². The van der Waals surface area contributed by atoms with Crippen LogP contribution in [0.1, 0.15) is 31.4 Å². The standard InChI is InChI=1S/C9H14FNO/c1-6-4-5-7(12-6)8(11)9(2,3)10/h4-5,8H,11H2,1-3H3. The van der Waals surface area contributed by atoms with E-state index in [9.17, 15) is 4.39 Å². The molecule has 0 amide bonds. The number of rotatable bonds is 2. The number of hydrogen-bond acceptors (Lipinski definition) is 2. The molecular formula is C9H14FNO. The molecule has 1 heterocycles. The maximum Gasteiger partial charge on any atom is 0.127 e. The molecule has 1 unspecified atom stereocenters. The second-order valence-electron chi connectivity index (χ2n) is 3.49. The highest BCUT2D eigenvalue weighted by molar-refractivity contribution is 5.12. The molecule has 0 aliphatic heterocycles. The van der Waals surface area contributed by atoms with Gasteiger partial charge in [-0.05, 0) is 32.9 Å². The van der Waals surface area contributed by atoms with Crippen LogP contribution in [0.25, 0.3) is 0 Å². The van der Waals surface area contributed by atoms with Gasteiger partial charge in [0.2, 0.25) is 0 Å². The third kappa shape index (κ3) is 1.85. The van der Waals surface area contributed by atoms with Gasteiger partial charge in [-0.3, -0.25) is 0 Å². The lowest BCUT2D eigenvalue weighted by Gasteiger charge is -2.20. The molecule has 0 fully saturated rings. The smallest absolute Gasteiger partial charge is 0.127 e. The molecule has 2 N–H and O–H groups in total. The summed E-state index contributed by atoms with van der Waals surface area (Å²) in [6, 6.07) is 2.80. The molecule has 0 spiro atoms. The Bertz CT molecular complexity index is 262. The lowest BCUT2D eigenvalue weighted by atomic mass is 10.00. The maximum absolute atomic E-state index is 13.3. The van der Waals surface area contributed by atoms with Gasteiger partial charge in [-0.2, -0.15) is 0 Å². The van der Waals surface area contributed by atoms with Crippen LogP contribution in [0.4, 0.5) is 4.39 Å². The minimum Gasteiger partial charge on any atom is -0.465 e. The van der Waals surface area contributed by atoms with Crippen LogP contribution in [0, 0.1) is 6.92 Å². The summed E-state index contributed by atoms with van der Waals surface area (Å²) in [5.74, 6) is 1.25. The number of aryl methyl sites for hydroxylation is 1. The summed E-state index contributed by atoms with van der Waals surface area (Å²) in [4.78, 5) is 0. The predicted molar refractivity (Wildman–Crippen MR) is 45.6 cm³/mol. The van der Waals surface area contributed by atoms with Gasteiger partial charge in [0.25, 0.3) is 0 Å². The lowest BCUT2D eigenvalue weighted by molar-refractivity contribution is 0.158. The van der Waals surface area contributed by atoms with Crippen LogP contribution in [0.15, 0.2) is 16.5 Å². The van der Waals surface area contributed by atoms with Gasteiger partial charge >= 0.3 is 0 Å². The average Bonchev–Trinajstić information content (AvgIpc) is 2.32. The molecule has 1 aromatic rings. The number of furan rings is 1. The molecule has 1 aromatic heterocycles. The number of nitrogens with two attached hydrogens (primary N) is 1. The van der Waals surface area contributed by atoms with Crippen molar-refractivity contribution in [2.24, 2.45) is 5.73 Å². The predicted octanol–water partition coefficient (Wildman–Crippen LogP) is 2.34. The quantitative estimate of drug-likeness (QED) is 0.741. The van der Waals surface area contributed by atoms with Gasteiger partial charge in [0, 0.05) is 0 Å². The summed E-state index contributed by atoms with van der Waals surface area (Å²) < 4.78 is 18.5. The van der Waals surface area contributed by atoms with E-state index < -0.39 is 11.7 Å². The third-order valence-electron chi connectivity index (χ3n) is 1.81. The maximum atomic E-state index is 13.3. The van der Waals surface area contributed by atoms with Crippen molar-refractivity contribution in [1.29, 1.82) is 0 Å². The molecule has 0 saturated heterocycles. The number of halogens is 1. The van der Waals surface area contributed by atoms with Crippen molar-refractivity contribution in [3.05, 3.63) is 23.7 Å². The van der Waals surface area contributed by atoms with Gasteiger partial charge in [0.15, 0.2) is 0 Å². The van der Waals surface area contributed by atoms with E-state index in [0.717, 1.165) is 5.76 Å². The van der Waals surface area contributed by atoms with Crippen LogP contribution < -0.4 is 5.73 Å². The topological polar surface area (TPSA) is 39.2 Å². The van der Waals surface area contributed by atoms with Crippen molar-refractivity contribution in [1.82, 2.24) is 0 Å². The van der Waals surface area contributed by atoms with Gasteiger partial charge in [-0.25, -0.2) is 4.39 Å². The Morgan fingerprint density at radius 2 is 2.08 bits per heavy atom. The molecule has 0 bridgehead atoms. The van der Waals surface area contributed by atoms with E-state index in [1.807, 2.05) is 0 Å². The van der Waals surface area contributed by atoms with E-state index in [-0.39, 0.29) is 0 Å². The van der Waals surface area contributed by atoms with E-state index in [0.29, 0.717) is 5.76 Å². The van der Waals surface area contributed by atoms with Crippen LogP contribution in [0.3, 0.4) is 0 Å². The lowest BCUT2D eigenvalue weighted by Crippen LogP contribution is -2.30. The van der Waals surface area contributed by atoms with Crippen molar-refractivity contribution in [3.63, 3.8) is 0 Å². The highest BCUT2D eigenvalue weighted by atomic mass is 19.1. The highest BCUT2D eigenvalue weighted by Crippen LogP contribution is 2.27. The molecule has 0 radical (unpaired) electrons. The molecular weight excluding hydrogens is 157 g/mol. The molecule has 0 aromatic carbocycles. The van der Waals surface area contributed by atoms with E-state index in [2.05, 4.69) is 0 Å². The summed E-state index contributed by atoms with van der Waals surface area (Å²) >= 11 is 0. The summed E-state index contributed by atoms with van der Waals surface area (Å²) in [7, 11) is 0. The molecule has 1 rings (SSSR count). The van der Waals surface area contributed by atoms with Gasteiger partial charge in [0.05, 0.1) is 6.04 Å². The Morgan fingerprint density at radius 1 is 1.50 bits per heavy atom. The molecule has 0 aliphatic carbocycles. The molecule has 68 valence electrons. The van der Waals surface area contributed by atoms with Crippen LogP contribution >= 0.6 is 0 Å². The monoisotopic (exact) mass is 171 g/mol. The Morgan fingerprint density at radius 3 is 2.42 bits per heavy atom. The first kappa shape index (κ1) is 9.26. The molecule has 0 aliphatic rings. The number of hydrogen-bond donors (Lipinski definition) is 1. The van der Waals surface area contributed by atoms with Crippen molar-refractivity contribution >= 4 is 0 Å². The fraction of sp³-hybridized carbons (Fsp3) is 0.556. The first-order valence-electron chi connectivity index (χ1n) is 3.92. The zero-order chi connectivity index (χ0) is 9.35. The van der Waals surface area contributed by atoms with Crippen LogP contribution in [0.2, 0.25) is 0 Å². The fourth-order valence-corrected chi connectivity index (χ4v) is 0.959. The van der Waals surface area contributed by atoms with Crippen LogP contribution in [-0.2, 0) is 0 Å². The van der Waals surface area contributed by atoms with Crippen molar-refractivity contribution in [2.75, 3.05) is 0 Å². The molecule has 3 heteroatoms. The second-order valence-corrected chi connectivity index (χ2v) is 3.49. The Labute approximate surface area is 71.6 Å². The molecule has 0 saturated carbocycles. The Kier molecular flexibility index (Phi) is 2.24. The molecule has 1 atom stereocenters. The van der Waals surface area contributed by atoms with E-state index >= 15 is 0 Å². The minimum absolute atomic E-state index is 0.500. The zero-order valence-corrected chi connectivity index (χ0v) is 7.60. The number of alkyl halides is 1. The summed E-state index contributed by atoms with van der Waals surface area (Å²) in [6.07, 6.45) is 0. The second kappa shape index (κ2) is 2.90. The Hall–Kier alpha value is -0.830. The van der Waals surface area contributed by atoms with Crippen LogP contribution in [-0.4, -0.2) is 5.67 Å². The molecule has 2 nitrogen and oxygen atoms in total. The zero-order valence-electron chi connectivity index (χ0n) is 7.60. The minimum atomic E-state index is -1.44. The molecule has 12 heavy (non-hydrogen) atoms. The summed E-state index contributed by atoms with van der Waals surface area (Å²) in [5.41, 5.74) is 4.18. The normalized spacial score (nSPS) is 14.8. The van der Waals surface area contributed by atoms with Crippen molar-refractivity contribution in [2.45, 2.75) is 32.5 Å². The third-order valence-corrected chi connectivity index (χ3v) is 1.81. The van der Waals surface area contributed by atoms with Gasteiger partial charge in [-0.1, -0.05) is 0 Å². The SMILES string of the molecule is Cc1ccc(C(N)C(C)(C)F)o1. The highest BCUT2D eigenvalue weighted by Gasteiger charge is 2.29. The van der Waals surface area contributed by atoms with Gasteiger partial charge in [-0.15, -0.1) is 0 Å². The average molecular weight is 171 g/mol. The van der Waals surface area contributed by atoms with Gasteiger partial charge in [0.1, 0.15) is 17.2 Å². The van der Waals surface area contributed by atoms with E-state index in [1.54, 1.807) is 19.1 Å². The summed E-state index contributed by atoms with van der Waals surface area (Å²) in [5, 5.41) is 0. The first-order chi connectivity index (χ1) is 5.41. The Balaban J connectivity index is 2.85. The van der Waals surface area contributed by atoms with E-state index in [4.69, 9.17) is 10.2 Å². The first-order valence-corrected chi connectivity index (χ1v) is 3.92. The van der Waals surface area contributed by atoms with E-state index in [1.165, 1.54) is 13.8 Å². The fourth-order valence-electron chi connectivity index (χ4n) is 0.959. The largest absolute Gasteiger partial charge is 0.465 e.